The summed E-state index contributed by atoms with van der Waals surface area (Å²) in [5, 5.41) is 3.30. The van der Waals surface area contributed by atoms with Gasteiger partial charge in [0, 0.05) is 16.5 Å². The highest BCUT2D eigenvalue weighted by Crippen LogP contribution is 2.33. The SMILES string of the molecule is COc1ccc2c(N)cc(-c3nc(C(C)C)cs3)nc2c1F. The summed E-state index contributed by atoms with van der Waals surface area (Å²) in [6, 6.07) is 5.00. The highest BCUT2D eigenvalue weighted by atomic mass is 32.1. The van der Waals surface area contributed by atoms with Gasteiger partial charge in [0.1, 0.15) is 16.2 Å². The predicted molar refractivity (Wildman–Crippen MR) is 87.9 cm³/mol. The molecule has 0 fully saturated rings. The maximum Gasteiger partial charge on any atom is 0.191 e. The quantitative estimate of drug-likeness (QED) is 0.786. The van der Waals surface area contributed by atoms with Crippen LogP contribution in [0.1, 0.15) is 25.5 Å². The average Bonchev–Trinajstić information content (AvgIpc) is 2.98. The van der Waals surface area contributed by atoms with Crippen LogP contribution in [-0.2, 0) is 0 Å². The highest BCUT2D eigenvalue weighted by molar-refractivity contribution is 7.13. The van der Waals surface area contributed by atoms with Crippen molar-refractivity contribution >= 4 is 27.9 Å². The third kappa shape index (κ3) is 2.39. The standard InChI is InChI=1S/C16H16FN3OS/c1-8(2)12-7-22-16(20-12)11-6-10(18)9-4-5-13(21-3)14(17)15(9)19-11/h4-8H,1-3H3,(H2,18,19). The topological polar surface area (TPSA) is 61.0 Å². The van der Waals surface area contributed by atoms with Crippen LogP contribution >= 0.6 is 11.3 Å². The molecule has 0 spiro atoms. The molecular weight excluding hydrogens is 301 g/mol. The van der Waals surface area contributed by atoms with E-state index in [1.54, 1.807) is 18.2 Å². The number of aromatic nitrogens is 2. The molecule has 3 aromatic rings. The van der Waals surface area contributed by atoms with E-state index in [-0.39, 0.29) is 11.3 Å². The Kier molecular flexibility index (Phi) is 3.70. The van der Waals surface area contributed by atoms with Crippen LogP contribution in [0.5, 0.6) is 5.75 Å². The van der Waals surface area contributed by atoms with E-state index in [0.29, 0.717) is 22.7 Å². The lowest BCUT2D eigenvalue weighted by Gasteiger charge is -2.08. The van der Waals surface area contributed by atoms with Crippen molar-refractivity contribution < 1.29 is 9.13 Å². The molecule has 0 unspecified atom stereocenters. The first-order valence-corrected chi connectivity index (χ1v) is 7.77. The van der Waals surface area contributed by atoms with Crippen molar-refractivity contribution in [2.75, 3.05) is 12.8 Å². The Morgan fingerprint density at radius 2 is 2.05 bits per heavy atom. The zero-order valence-electron chi connectivity index (χ0n) is 12.6. The molecule has 2 aromatic heterocycles. The fraction of sp³-hybridized carbons (Fsp3) is 0.250. The van der Waals surface area contributed by atoms with Gasteiger partial charge in [-0.05, 0) is 24.1 Å². The number of rotatable bonds is 3. The van der Waals surface area contributed by atoms with E-state index in [4.69, 9.17) is 10.5 Å². The van der Waals surface area contributed by atoms with E-state index in [1.807, 2.05) is 5.38 Å². The molecule has 0 bridgehead atoms. The number of halogens is 1. The maximum atomic E-state index is 14.4. The van der Waals surface area contributed by atoms with E-state index in [2.05, 4.69) is 23.8 Å². The van der Waals surface area contributed by atoms with Crippen LogP contribution in [0.4, 0.5) is 10.1 Å². The fourth-order valence-corrected chi connectivity index (χ4v) is 3.14. The van der Waals surface area contributed by atoms with Crippen molar-refractivity contribution in [3.63, 3.8) is 0 Å². The molecule has 0 saturated heterocycles. The summed E-state index contributed by atoms with van der Waals surface area (Å²) in [6.07, 6.45) is 0. The molecule has 0 radical (unpaired) electrons. The normalized spacial score (nSPS) is 11.3. The molecule has 0 aliphatic rings. The Morgan fingerprint density at radius 1 is 1.27 bits per heavy atom. The van der Waals surface area contributed by atoms with Gasteiger partial charge in [0.15, 0.2) is 11.6 Å². The number of hydrogen-bond donors (Lipinski definition) is 1. The highest BCUT2D eigenvalue weighted by Gasteiger charge is 2.15. The Bertz CT molecular complexity index is 845. The van der Waals surface area contributed by atoms with Gasteiger partial charge < -0.3 is 10.5 Å². The van der Waals surface area contributed by atoms with Crippen molar-refractivity contribution in [2.24, 2.45) is 0 Å². The van der Waals surface area contributed by atoms with Crippen molar-refractivity contribution in [2.45, 2.75) is 19.8 Å². The minimum absolute atomic E-state index is 0.151. The van der Waals surface area contributed by atoms with Crippen LogP contribution in [0, 0.1) is 5.82 Å². The van der Waals surface area contributed by atoms with Gasteiger partial charge in [-0.2, -0.15) is 0 Å². The van der Waals surface area contributed by atoms with Gasteiger partial charge in [-0.1, -0.05) is 13.8 Å². The Labute approximate surface area is 131 Å². The van der Waals surface area contributed by atoms with Crippen LogP contribution in [0.25, 0.3) is 21.6 Å². The molecule has 114 valence electrons. The second-order valence-electron chi connectivity index (χ2n) is 5.31. The number of nitrogens with zero attached hydrogens (tertiary/aromatic N) is 2. The minimum Gasteiger partial charge on any atom is -0.494 e. The molecule has 0 aliphatic carbocycles. The van der Waals surface area contributed by atoms with Gasteiger partial charge in [0.25, 0.3) is 0 Å². The fourth-order valence-electron chi connectivity index (χ4n) is 2.20. The first kappa shape index (κ1) is 14.7. The van der Waals surface area contributed by atoms with E-state index in [0.717, 1.165) is 10.7 Å². The summed E-state index contributed by atoms with van der Waals surface area (Å²) in [6.45, 7) is 4.15. The number of benzene rings is 1. The summed E-state index contributed by atoms with van der Waals surface area (Å²) >= 11 is 1.48. The number of anilines is 1. The predicted octanol–water partition coefficient (Wildman–Crippen LogP) is 4.21. The number of methoxy groups -OCH3 is 1. The van der Waals surface area contributed by atoms with E-state index in [9.17, 15) is 4.39 Å². The minimum atomic E-state index is -0.505. The Balaban J connectivity index is 2.20. The summed E-state index contributed by atoms with van der Waals surface area (Å²) in [5.74, 6) is -0.0209. The lowest BCUT2D eigenvalue weighted by molar-refractivity contribution is 0.388. The third-order valence-corrected chi connectivity index (χ3v) is 4.35. The number of nitrogen functional groups attached to an aromatic ring is 1. The third-order valence-electron chi connectivity index (χ3n) is 3.47. The first-order valence-electron chi connectivity index (χ1n) is 6.89. The second kappa shape index (κ2) is 5.53. The average molecular weight is 317 g/mol. The summed E-state index contributed by atoms with van der Waals surface area (Å²) in [5.41, 5.74) is 8.30. The molecule has 0 amide bonds. The zero-order valence-corrected chi connectivity index (χ0v) is 13.4. The van der Waals surface area contributed by atoms with E-state index in [1.165, 1.54) is 18.4 Å². The van der Waals surface area contributed by atoms with Crippen molar-refractivity contribution in [1.82, 2.24) is 9.97 Å². The van der Waals surface area contributed by atoms with Gasteiger partial charge in [0.2, 0.25) is 0 Å². The van der Waals surface area contributed by atoms with Gasteiger partial charge in [-0.3, -0.25) is 0 Å². The number of ether oxygens (including phenoxy) is 1. The van der Waals surface area contributed by atoms with Gasteiger partial charge in [0.05, 0.1) is 12.8 Å². The number of thiazole rings is 1. The van der Waals surface area contributed by atoms with E-state index < -0.39 is 5.82 Å². The zero-order chi connectivity index (χ0) is 15.9. The molecule has 0 saturated carbocycles. The molecule has 4 nitrogen and oxygen atoms in total. The molecule has 2 N–H and O–H groups in total. The van der Waals surface area contributed by atoms with Crippen LogP contribution in [0.2, 0.25) is 0 Å². The number of pyridine rings is 1. The molecule has 22 heavy (non-hydrogen) atoms. The molecular formula is C16H16FN3OS. The second-order valence-corrected chi connectivity index (χ2v) is 6.17. The monoisotopic (exact) mass is 317 g/mol. The van der Waals surface area contributed by atoms with Crippen LogP contribution in [0.3, 0.4) is 0 Å². The van der Waals surface area contributed by atoms with Gasteiger partial charge in [-0.25, -0.2) is 14.4 Å². The van der Waals surface area contributed by atoms with Crippen molar-refractivity contribution in [3.8, 4) is 16.5 Å². The van der Waals surface area contributed by atoms with Crippen molar-refractivity contribution in [3.05, 3.63) is 35.1 Å². The molecule has 0 aliphatic heterocycles. The summed E-state index contributed by atoms with van der Waals surface area (Å²) in [4.78, 5) is 8.95. The van der Waals surface area contributed by atoms with Crippen LogP contribution in [0.15, 0.2) is 23.6 Å². The maximum absolute atomic E-state index is 14.4. The lowest BCUT2D eigenvalue weighted by Crippen LogP contribution is -1.97. The number of hydrogen-bond acceptors (Lipinski definition) is 5. The molecule has 2 heterocycles. The van der Waals surface area contributed by atoms with Gasteiger partial charge in [-0.15, -0.1) is 11.3 Å². The van der Waals surface area contributed by atoms with Crippen LogP contribution < -0.4 is 10.5 Å². The Hall–Kier alpha value is -2.21. The number of nitrogens with two attached hydrogens (primary N) is 1. The van der Waals surface area contributed by atoms with Crippen LogP contribution in [-0.4, -0.2) is 17.1 Å². The van der Waals surface area contributed by atoms with E-state index >= 15 is 0 Å². The largest absolute Gasteiger partial charge is 0.494 e. The lowest BCUT2D eigenvalue weighted by atomic mass is 10.1. The Morgan fingerprint density at radius 3 is 2.68 bits per heavy atom. The molecule has 3 rings (SSSR count). The molecule has 6 heteroatoms. The summed E-state index contributed by atoms with van der Waals surface area (Å²) < 4.78 is 19.4. The number of fused-ring (bicyclic) bond motifs is 1. The van der Waals surface area contributed by atoms with Gasteiger partial charge >= 0.3 is 0 Å². The molecule has 0 atom stereocenters. The first-order chi connectivity index (χ1) is 10.5. The smallest absolute Gasteiger partial charge is 0.191 e. The van der Waals surface area contributed by atoms with Crippen molar-refractivity contribution in [1.29, 1.82) is 0 Å². The molecule has 1 aromatic carbocycles. The summed E-state index contributed by atoms with van der Waals surface area (Å²) in [7, 11) is 1.42.